The van der Waals surface area contributed by atoms with Crippen molar-refractivity contribution in [2.75, 3.05) is 12.3 Å². The van der Waals surface area contributed by atoms with E-state index < -0.39 is 5.97 Å². The maximum absolute atomic E-state index is 11.7. The van der Waals surface area contributed by atoms with Crippen LogP contribution in [0.1, 0.15) is 27.9 Å². The Morgan fingerprint density at radius 2 is 2.25 bits per heavy atom. The number of rotatable bonds is 4. The Kier molecular flexibility index (Phi) is 3.65. The van der Waals surface area contributed by atoms with Crippen LogP contribution in [0.25, 0.3) is 5.69 Å². The normalized spacial score (nSPS) is 10.2. The molecule has 2 heterocycles. The zero-order valence-electron chi connectivity index (χ0n) is 10.7. The maximum Gasteiger partial charge on any atom is 0.358 e. The first-order valence-electron chi connectivity index (χ1n) is 5.86. The third-order valence-corrected chi connectivity index (χ3v) is 2.52. The van der Waals surface area contributed by atoms with Crippen molar-refractivity contribution < 1.29 is 14.7 Å². The van der Waals surface area contributed by atoms with Crippen LogP contribution in [-0.2, 0) is 0 Å². The Hall–Kier alpha value is -2.90. The van der Waals surface area contributed by atoms with Gasteiger partial charge in [-0.1, -0.05) is 0 Å². The van der Waals surface area contributed by atoms with E-state index in [1.54, 1.807) is 13.0 Å². The SMILES string of the molecule is CCNC(=O)c1cc(-n2cc(N)c(C(=O)O)n2)ccn1. The largest absolute Gasteiger partial charge is 0.476 e. The zero-order valence-corrected chi connectivity index (χ0v) is 10.7. The fourth-order valence-electron chi connectivity index (χ4n) is 1.62. The van der Waals surface area contributed by atoms with Gasteiger partial charge in [0.2, 0.25) is 0 Å². The van der Waals surface area contributed by atoms with Crippen LogP contribution in [0.15, 0.2) is 24.5 Å². The van der Waals surface area contributed by atoms with Gasteiger partial charge in [0, 0.05) is 12.7 Å². The van der Waals surface area contributed by atoms with E-state index in [0.717, 1.165) is 0 Å². The molecule has 8 heteroatoms. The van der Waals surface area contributed by atoms with E-state index in [0.29, 0.717) is 12.2 Å². The number of nitrogens with zero attached hydrogens (tertiary/aromatic N) is 3. The molecular weight excluding hydrogens is 262 g/mol. The van der Waals surface area contributed by atoms with Gasteiger partial charge in [-0.05, 0) is 19.1 Å². The summed E-state index contributed by atoms with van der Waals surface area (Å²) in [7, 11) is 0. The van der Waals surface area contributed by atoms with Gasteiger partial charge in [-0.2, -0.15) is 5.10 Å². The number of carbonyl (C=O) groups excluding carboxylic acids is 1. The Balaban J connectivity index is 2.38. The smallest absolute Gasteiger partial charge is 0.358 e. The first-order valence-corrected chi connectivity index (χ1v) is 5.86. The molecule has 20 heavy (non-hydrogen) atoms. The van der Waals surface area contributed by atoms with E-state index in [1.807, 2.05) is 0 Å². The van der Waals surface area contributed by atoms with E-state index >= 15 is 0 Å². The molecule has 0 aliphatic heterocycles. The number of nitrogens with two attached hydrogens (primary N) is 1. The topological polar surface area (TPSA) is 123 Å². The molecule has 0 spiro atoms. The molecule has 0 aliphatic carbocycles. The molecule has 0 aliphatic rings. The Bertz CT molecular complexity index is 665. The van der Waals surface area contributed by atoms with Crippen molar-refractivity contribution in [3.05, 3.63) is 35.9 Å². The number of carboxylic acids is 1. The highest BCUT2D eigenvalue weighted by Gasteiger charge is 2.15. The van der Waals surface area contributed by atoms with Crippen LogP contribution in [0.5, 0.6) is 0 Å². The lowest BCUT2D eigenvalue weighted by Gasteiger charge is -2.04. The van der Waals surface area contributed by atoms with E-state index in [1.165, 1.54) is 23.1 Å². The molecule has 8 nitrogen and oxygen atoms in total. The van der Waals surface area contributed by atoms with E-state index in [4.69, 9.17) is 10.8 Å². The molecule has 0 saturated carbocycles. The van der Waals surface area contributed by atoms with Crippen LogP contribution in [0.2, 0.25) is 0 Å². The number of nitrogens with one attached hydrogen (secondary N) is 1. The van der Waals surface area contributed by atoms with Gasteiger partial charge >= 0.3 is 5.97 Å². The van der Waals surface area contributed by atoms with E-state index in [2.05, 4.69) is 15.4 Å². The Labute approximate surface area is 114 Å². The lowest BCUT2D eigenvalue weighted by atomic mass is 10.3. The van der Waals surface area contributed by atoms with Crippen molar-refractivity contribution in [3.8, 4) is 5.69 Å². The Morgan fingerprint density at radius 3 is 2.85 bits per heavy atom. The second-order valence-corrected chi connectivity index (χ2v) is 3.94. The summed E-state index contributed by atoms with van der Waals surface area (Å²) < 4.78 is 1.29. The van der Waals surface area contributed by atoms with Crippen LogP contribution in [0.4, 0.5) is 5.69 Å². The number of anilines is 1. The molecule has 0 atom stereocenters. The molecule has 1 amide bonds. The fraction of sp³-hybridized carbons (Fsp3) is 0.167. The molecule has 0 radical (unpaired) electrons. The summed E-state index contributed by atoms with van der Waals surface area (Å²) in [6, 6.07) is 3.10. The summed E-state index contributed by atoms with van der Waals surface area (Å²) >= 11 is 0. The molecule has 104 valence electrons. The van der Waals surface area contributed by atoms with Crippen molar-refractivity contribution in [2.24, 2.45) is 0 Å². The molecular formula is C12H13N5O3. The lowest BCUT2D eigenvalue weighted by Crippen LogP contribution is -2.23. The number of nitrogen functional groups attached to an aromatic ring is 1. The molecule has 0 saturated heterocycles. The predicted octanol–water partition coefficient (Wildman–Crippen LogP) is 0.297. The number of hydrogen-bond acceptors (Lipinski definition) is 5. The van der Waals surface area contributed by atoms with Gasteiger partial charge in [0.05, 0.1) is 17.6 Å². The molecule has 0 bridgehead atoms. The average Bonchev–Trinajstić information content (AvgIpc) is 2.81. The third kappa shape index (κ3) is 2.58. The first kappa shape index (κ1) is 13.5. The van der Waals surface area contributed by atoms with Crippen LogP contribution < -0.4 is 11.1 Å². The minimum absolute atomic E-state index is 0.0499. The minimum Gasteiger partial charge on any atom is -0.476 e. The van der Waals surface area contributed by atoms with Crippen LogP contribution in [0, 0.1) is 0 Å². The van der Waals surface area contributed by atoms with Crippen LogP contribution in [0.3, 0.4) is 0 Å². The van der Waals surface area contributed by atoms with Gasteiger partial charge < -0.3 is 16.2 Å². The van der Waals surface area contributed by atoms with Gasteiger partial charge in [0.25, 0.3) is 5.91 Å². The minimum atomic E-state index is -1.21. The standard InChI is InChI=1S/C12H13N5O3/c1-2-14-11(18)9-5-7(3-4-15-9)17-6-8(13)10(16-17)12(19)20/h3-6H,2,13H2,1H3,(H,14,18)(H,19,20). The number of pyridine rings is 1. The lowest BCUT2D eigenvalue weighted by molar-refractivity contribution is 0.0690. The fourth-order valence-corrected chi connectivity index (χ4v) is 1.62. The molecule has 2 rings (SSSR count). The van der Waals surface area contributed by atoms with E-state index in [-0.39, 0.29) is 23.0 Å². The number of aromatic carboxylic acids is 1. The third-order valence-electron chi connectivity index (χ3n) is 2.52. The van der Waals surface area contributed by atoms with Crippen LogP contribution in [-0.4, -0.2) is 38.3 Å². The van der Waals surface area contributed by atoms with E-state index in [9.17, 15) is 9.59 Å². The molecule has 0 aromatic carbocycles. The first-order chi connectivity index (χ1) is 9.52. The van der Waals surface area contributed by atoms with Crippen molar-refractivity contribution in [1.29, 1.82) is 0 Å². The van der Waals surface area contributed by atoms with Gasteiger partial charge in [0.1, 0.15) is 5.69 Å². The average molecular weight is 275 g/mol. The van der Waals surface area contributed by atoms with Crippen molar-refractivity contribution in [3.63, 3.8) is 0 Å². The van der Waals surface area contributed by atoms with Crippen molar-refractivity contribution in [1.82, 2.24) is 20.1 Å². The van der Waals surface area contributed by atoms with Gasteiger partial charge in [-0.25, -0.2) is 9.48 Å². The highest BCUT2D eigenvalue weighted by atomic mass is 16.4. The second kappa shape index (κ2) is 5.39. The number of amides is 1. The number of hydrogen-bond donors (Lipinski definition) is 3. The number of aromatic nitrogens is 3. The zero-order chi connectivity index (χ0) is 14.7. The van der Waals surface area contributed by atoms with Crippen molar-refractivity contribution >= 4 is 17.6 Å². The summed E-state index contributed by atoms with van der Waals surface area (Å²) in [5.74, 6) is -1.52. The van der Waals surface area contributed by atoms with Gasteiger partial charge in [-0.15, -0.1) is 0 Å². The molecule has 0 fully saturated rings. The highest BCUT2D eigenvalue weighted by molar-refractivity contribution is 5.93. The number of carbonyl (C=O) groups is 2. The summed E-state index contributed by atoms with van der Waals surface area (Å²) in [4.78, 5) is 26.5. The summed E-state index contributed by atoms with van der Waals surface area (Å²) in [5, 5.41) is 15.4. The molecule has 4 N–H and O–H groups in total. The van der Waals surface area contributed by atoms with Gasteiger partial charge in [0.15, 0.2) is 5.69 Å². The number of carboxylic acid groups (broad SMARTS) is 1. The van der Waals surface area contributed by atoms with Crippen LogP contribution >= 0.6 is 0 Å². The molecule has 0 unspecified atom stereocenters. The van der Waals surface area contributed by atoms with Crippen molar-refractivity contribution in [2.45, 2.75) is 6.92 Å². The monoisotopic (exact) mass is 275 g/mol. The Morgan fingerprint density at radius 1 is 1.50 bits per heavy atom. The summed E-state index contributed by atoms with van der Waals surface area (Å²) in [5.41, 5.74) is 6.10. The second-order valence-electron chi connectivity index (χ2n) is 3.94. The summed E-state index contributed by atoms with van der Waals surface area (Å²) in [6.07, 6.45) is 2.82. The summed E-state index contributed by atoms with van der Waals surface area (Å²) in [6.45, 7) is 2.29. The van der Waals surface area contributed by atoms with Gasteiger partial charge in [-0.3, -0.25) is 9.78 Å². The molecule has 2 aromatic heterocycles. The highest BCUT2D eigenvalue weighted by Crippen LogP contribution is 2.14. The molecule has 2 aromatic rings. The predicted molar refractivity (Wildman–Crippen MR) is 70.7 cm³/mol. The quantitative estimate of drug-likeness (QED) is 0.737. The maximum atomic E-state index is 11.7.